The van der Waals surface area contributed by atoms with Gasteiger partial charge >= 0.3 is 0 Å². The standard InChI is InChI=1S/C8H12I2/c9-5-8(6-10)3-7(4-8)1-2-7/h1-6H2. The molecule has 1 spiro atoms. The number of alkyl halides is 2. The molecule has 0 aromatic rings. The first kappa shape index (κ1) is 8.08. The van der Waals surface area contributed by atoms with E-state index in [1.807, 2.05) is 0 Å². The van der Waals surface area contributed by atoms with Gasteiger partial charge in [0.15, 0.2) is 0 Å². The quantitative estimate of drug-likeness (QED) is 0.522. The third kappa shape index (κ3) is 1.13. The Bertz CT molecular complexity index is 135. The maximum absolute atomic E-state index is 2.56. The summed E-state index contributed by atoms with van der Waals surface area (Å²) in [5, 5.41) is 0. The molecule has 0 saturated heterocycles. The lowest BCUT2D eigenvalue weighted by molar-refractivity contribution is 0.0923. The number of rotatable bonds is 2. The van der Waals surface area contributed by atoms with Crippen LogP contribution in [0.5, 0.6) is 0 Å². The molecule has 0 nitrogen and oxygen atoms in total. The number of hydrogen-bond acceptors (Lipinski definition) is 0. The Balaban J connectivity index is 1.95. The van der Waals surface area contributed by atoms with E-state index in [1.165, 1.54) is 8.86 Å². The van der Waals surface area contributed by atoms with Crippen LogP contribution in [0.1, 0.15) is 25.7 Å². The van der Waals surface area contributed by atoms with Crippen LogP contribution >= 0.6 is 45.2 Å². The molecule has 0 radical (unpaired) electrons. The van der Waals surface area contributed by atoms with E-state index in [1.54, 1.807) is 25.7 Å². The summed E-state index contributed by atoms with van der Waals surface area (Å²) in [5.41, 5.74) is 1.67. The van der Waals surface area contributed by atoms with Crippen molar-refractivity contribution in [3.63, 3.8) is 0 Å². The molecule has 58 valence electrons. The molecule has 2 fully saturated rings. The van der Waals surface area contributed by atoms with Crippen molar-refractivity contribution < 1.29 is 0 Å². The number of hydrogen-bond donors (Lipinski definition) is 0. The molecule has 10 heavy (non-hydrogen) atoms. The van der Waals surface area contributed by atoms with Gasteiger partial charge in [-0.3, -0.25) is 0 Å². The molecule has 2 aliphatic carbocycles. The first-order valence-electron chi connectivity index (χ1n) is 3.86. The Kier molecular flexibility index (Phi) is 2.00. The van der Waals surface area contributed by atoms with E-state index in [4.69, 9.17) is 0 Å². The van der Waals surface area contributed by atoms with Crippen LogP contribution in [-0.2, 0) is 0 Å². The van der Waals surface area contributed by atoms with Crippen molar-refractivity contribution in [2.75, 3.05) is 8.86 Å². The van der Waals surface area contributed by atoms with Crippen molar-refractivity contribution in [2.24, 2.45) is 10.8 Å². The average molecular weight is 362 g/mol. The van der Waals surface area contributed by atoms with Gasteiger partial charge in [0, 0.05) is 8.86 Å². The molecule has 0 N–H and O–H groups in total. The Hall–Kier alpha value is 1.46. The molecule has 0 aliphatic heterocycles. The molecule has 0 heterocycles. The van der Waals surface area contributed by atoms with Crippen molar-refractivity contribution in [1.29, 1.82) is 0 Å². The minimum Gasteiger partial charge on any atom is -0.0857 e. The maximum atomic E-state index is 2.56. The van der Waals surface area contributed by atoms with Crippen LogP contribution in [-0.4, -0.2) is 8.86 Å². The smallest absolute Gasteiger partial charge is 0.00597 e. The summed E-state index contributed by atoms with van der Waals surface area (Å²) in [6.45, 7) is 0. The summed E-state index contributed by atoms with van der Waals surface area (Å²) in [6, 6.07) is 0. The monoisotopic (exact) mass is 362 g/mol. The minimum atomic E-state index is 0.775. The molecule has 2 heteroatoms. The van der Waals surface area contributed by atoms with Crippen molar-refractivity contribution in [2.45, 2.75) is 25.7 Å². The summed E-state index contributed by atoms with van der Waals surface area (Å²) in [7, 11) is 0. The van der Waals surface area contributed by atoms with E-state index in [9.17, 15) is 0 Å². The second-order valence-corrected chi connectivity index (χ2v) is 5.65. The van der Waals surface area contributed by atoms with Gasteiger partial charge in [-0.05, 0) is 36.5 Å². The Morgan fingerprint density at radius 1 is 1.00 bits per heavy atom. The second kappa shape index (κ2) is 2.47. The minimum absolute atomic E-state index is 0.775. The van der Waals surface area contributed by atoms with Gasteiger partial charge in [-0.15, -0.1) is 0 Å². The van der Waals surface area contributed by atoms with E-state index in [2.05, 4.69) is 45.2 Å². The fraction of sp³-hybridized carbons (Fsp3) is 1.00. The molecular formula is C8H12I2. The second-order valence-electron chi connectivity index (χ2n) is 4.12. The zero-order valence-electron chi connectivity index (χ0n) is 6.00. The molecule has 0 amide bonds. The summed E-state index contributed by atoms with van der Waals surface area (Å²) in [6.07, 6.45) is 6.18. The fourth-order valence-corrected chi connectivity index (χ4v) is 4.94. The summed E-state index contributed by atoms with van der Waals surface area (Å²) in [5.74, 6) is 0. The normalized spacial score (nSPS) is 31.8. The molecular weight excluding hydrogens is 350 g/mol. The summed E-state index contributed by atoms with van der Waals surface area (Å²) in [4.78, 5) is 0. The lowest BCUT2D eigenvalue weighted by atomic mass is 9.62. The predicted molar refractivity (Wildman–Crippen MR) is 61.1 cm³/mol. The molecule has 2 saturated carbocycles. The maximum Gasteiger partial charge on any atom is 0.00597 e. The van der Waals surface area contributed by atoms with Crippen LogP contribution in [0.15, 0.2) is 0 Å². The third-order valence-electron chi connectivity index (χ3n) is 3.02. The highest BCUT2D eigenvalue weighted by Crippen LogP contribution is 2.69. The Morgan fingerprint density at radius 2 is 1.50 bits per heavy atom. The van der Waals surface area contributed by atoms with Crippen molar-refractivity contribution >= 4 is 45.2 Å². The molecule has 2 aliphatic rings. The van der Waals surface area contributed by atoms with Crippen molar-refractivity contribution in [3.8, 4) is 0 Å². The zero-order chi connectivity index (χ0) is 7.24. The van der Waals surface area contributed by atoms with Gasteiger partial charge < -0.3 is 0 Å². The van der Waals surface area contributed by atoms with Crippen LogP contribution < -0.4 is 0 Å². The van der Waals surface area contributed by atoms with Gasteiger partial charge in [-0.25, -0.2) is 0 Å². The van der Waals surface area contributed by atoms with Crippen LogP contribution in [0.2, 0.25) is 0 Å². The van der Waals surface area contributed by atoms with Crippen molar-refractivity contribution in [1.82, 2.24) is 0 Å². The summed E-state index contributed by atoms with van der Waals surface area (Å²) >= 11 is 5.11. The SMILES string of the molecule is ICC1(CI)CC2(CC2)C1. The van der Waals surface area contributed by atoms with Gasteiger partial charge in [0.2, 0.25) is 0 Å². The Labute approximate surface area is 89.8 Å². The highest BCUT2D eigenvalue weighted by atomic mass is 127. The van der Waals surface area contributed by atoms with Crippen molar-refractivity contribution in [3.05, 3.63) is 0 Å². The summed E-state index contributed by atoms with van der Waals surface area (Å²) < 4.78 is 2.77. The van der Waals surface area contributed by atoms with E-state index in [0.29, 0.717) is 0 Å². The lowest BCUT2D eigenvalue weighted by Crippen LogP contribution is -2.41. The van der Waals surface area contributed by atoms with Crippen LogP contribution in [0, 0.1) is 10.8 Å². The predicted octanol–water partition coefficient (Wildman–Crippen LogP) is 3.42. The highest BCUT2D eigenvalue weighted by molar-refractivity contribution is 14.1. The molecule has 0 aromatic heterocycles. The fourth-order valence-electron chi connectivity index (χ4n) is 2.29. The van der Waals surface area contributed by atoms with Crippen LogP contribution in [0.4, 0.5) is 0 Å². The highest BCUT2D eigenvalue weighted by Gasteiger charge is 2.59. The van der Waals surface area contributed by atoms with Crippen LogP contribution in [0.25, 0.3) is 0 Å². The topological polar surface area (TPSA) is 0 Å². The Morgan fingerprint density at radius 3 is 1.80 bits per heavy atom. The van der Waals surface area contributed by atoms with Gasteiger partial charge in [-0.1, -0.05) is 45.2 Å². The lowest BCUT2D eigenvalue weighted by Gasteiger charge is -2.47. The first-order valence-corrected chi connectivity index (χ1v) is 6.91. The van der Waals surface area contributed by atoms with Crippen LogP contribution in [0.3, 0.4) is 0 Å². The largest absolute Gasteiger partial charge is 0.0857 e. The van der Waals surface area contributed by atoms with Gasteiger partial charge in [0.25, 0.3) is 0 Å². The van der Waals surface area contributed by atoms with Gasteiger partial charge in [0.1, 0.15) is 0 Å². The van der Waals surface area contributed by atoms with E-state index in [-0.39, 0.29) is 0 Å². The molecule has 0 aromatic carbocycles. The first-order chi connectivity index (χ1) is 4.74. The molecule has 0 unspecified atom stereocenters. The molecule has 2 rings (SSSR count). The molecule has 0 atom stereocenters. The molecule has 0 bridgehead atoms. The van der Waals surface area contributed by atoms with E-state index >= 15 is 0 Å². The van der Waals surface area contributed by atoms with E-state index < -0.39 is 0 Å². The van der Waals surface area contributed by atoms with E-state index in [0.717, 1.165) is 10.8 Å². The third-order valence-corrected chi connectivity index (χ3v) is 6.26. The zero-order valence-corrected chi connectivity index (χ0v) is 10.3. The van der Waals surface area contributed by atoms with Gasteiger partial charge in [0.05, 0.1) is 0 Å². The van der Waals surface area contributed by atoms with Gasteiger partial charge in [-0.2, -0.15) is 0 Å². The number of halogens is 2. The average Bonchev–Trinajstić information content (AvgIpc) is 2.63.